The highest BCUT2D eigenvalue weighted by Gasteiger charge is 2.21. The molecular formula is C17H23Cl2N3O4. The lowest BCUT2D eigenvalue weighted by Crippen LogP contribution is -2.42. The van der Waals surface area contributed by atoms with E-state index in [2.05, 4.69) is 15.5 Å². The molecule has 1 fully saturated rings. The van der Waals surface area contributed by atoms with Gasteiger partial charge in [-0.3, -0.25) is 14.5 Å². The molecule has 2 rings (SSSR count). The van der Waals surface area contributed by atoms with Gasteiger partial charge in [-0.05, 0) is 31.6 Å². The molecule has 1 aliphatic heterocycles. The predicted molar refractivity (Wildman–Crippen MR) is 101 cm³/mol. The van der Waals surface area contributed by atoms with Crippen LogP contribution in [0, 0.1) is 0 Å². The van der Waals surface area contributed by atoms with Crippen molar-refractivity contribution < 1.29 is 19.4 Å². The Morgan fingerprint density at radius 2 is 1.88 bits per heavy atom. The van der Waals surface area contributed by atoms with Gasteiger partial charge in [0.05, 0.1) is 35.4 Å². The number of nitrogens with one attached hydrogen (secondary N) is 2. The number of benzene rings is 1. The van der Waals surface area contributed by atoms with Gasteiger partial charge in [0.2, 0.25) is 5.91 Å². The lowest BCUT2D eigenvalue weighted by Gasteiger charge is -2.26. The molecule has 3 N–H and O–H groups in total. The van der Waals surface area contributed by atoms with E-state index in [-0.39, 0.29) is 12.1 Å². The van der Waals surface area contributed by atoms with Gasteiger partial charge in [-0.2, -0.15) is 0 Å². The summed E-state index contributed by atoms with van der Waals surface area (Å²) in [5, 5.41) is 15.4. The van der Waals surface area contributed by atoms with Gasteiger partial charge in [0.25, 0.3) is 0 Å². The molecule has 9 heteroatoms. The van der Waals surface area contributed by atoms with E-state index in [0.717, 1.165) is 39.3 Å². The van der Waals surface area contributed by atoms with Crippen molar-refractivity contribution in [1.82, 2.24) is 10.2 Å². The van der Waals surface area contributed by atoms with Gasteiger partial charge in [0.15, 0.2) is 0 Å². The fourth-order valence-corrected chi connectivity index (χ4v) is 3.14. The van der Waals surface area contributed by atoms with Crippen LogP contribution in [-0.2, 0) is 14.3 Å². The molecule has 1 heterocycles. The highest BCUT2D eigenvalue weighted by atomic mass is 35.5. The molecule has 7 nitrogen and oxygen atoms in total. The van der Waals surface area contributed by atoms with Gasteiger partial charge in [-0.1, -0.05) is 29.3 Å². The third-order valence-corrected chi connectivity index (χ3v) is 4.69. The summed E-state index contributed by atoms with van der Waals surface area (Å²) >= 11 is 12.0. The van der Waals surface area contributed by atoms with Crippen molar-refractivity contribution >= 4 is 40.8 Å². The summed E-state index contributed by atoms with van der Waals surface area (Å²) in [6, 6.07) is 3.89. The summed E-state index contributed by atoms with van der Waals surface area (Å²) in [5.74, 6) is -1.54. The lowest BCUT2D eigenvalue weighted by molar-refractivity contribution is -0.141. The zero-order valence-corrected chi connectivity index (χ0v) is 15.9. The van der Waals surface area contributed by atoms with Gasteiger partial charge >= 0.3 is 5.97 Å². The van der Waals surface area contributed by atoms with Crippen molar-refractivity contribution in [1.29, 1.82) is 0 Å². The van der Waals surface area contributed by atoms with Gasteiger partial charge in [0.1, 0.15) is 6.04 Å². The highest BCUT2D eigenvalue weighted by molar-refractivity contribution is 6.39. The number of hydrogen-bond donors (Lipinski definition) is 3. The predicted octanol–water partition coefficient (Wildman–Crippen LogP) is 2.09. The molecule has 0 bridgehead atoms. The molecule has 0 aromatic heterocycles. The summed E-state index contributed by atoms with van der Waals surface area (Å²) in [4.78, 5) is 25.8. The van der Waals surface area contributed by atoms with Crippen molar-refractivity contribution in [3.8, 4) is 0 Å². The van der Waals surface area contributed by atoms with E-state index in [1.807, 2.05) is 0 Å². The van der Waals surface area contributed by atoms with Gasteiger partial charge in [0, 0.05) is 13.1 Å². The van der Waals surface area contributed by atoms with E-state index in [9.17, 15) is 14.7 Å². The number of para-hydroxylation sites is 1. The van der Waals surface area contributed by atoms with Crippen molar-refractivity contribution in [2.45, 2.75) is 18.9 Å². The van der Waals surface area contributed by atoms with Crippen LogP contribution in [0.2, 0.25) is 10.0 Å². The fourth-order valence-electron chi connectivity index (χ4n) is 2.64. The zero-order chi connectivity index (χ0) is 18.9. The molecule has 1 amide bonds. The number of carbonyl (C=O) groups excluding carboxylic acids is 1. The number of amides is 1. The molecule has 1 saturated heterocycles. The van der Waals surface area contributed by atoms with Crippen molar-refractivity contribution in [3.05, 3.63) is 28.2 Å². The third kappa shape index (κ3) is 6.74. The Balaban J connectivity index is 1.77. The first kappa shape index (κ1) is 20.9. The van der Waals surface area contributed by atoms with Gasteiger partial charge < -0.3 is 20.5 Å². The second kappa shape index (κ2) is 10.7. The summed E-state index contributed by atoms with van der Waals surface area (Å²) in [7, 11) is 0. The minimum atomic E-state index is -1.07. The maximum absolute atomic E-state index is 12.2. The monoisotopic (exact) mass is 403 g/mol. The Kier molecular flexibility index (Phi) is 8.61. The number of rotatable bonds is 9. The molecular weight excluding hydrogens is 381 g/mol. The van der Waals surface area contributed by atoms with E-state index in [1.165, 1.54) is 0 Å². The topological polar surface area (TPSA) is 90.9 Å². The maximum Gasteiger partial charge on any atom is 0.321 e. The Morgan fingerprint density at radius 3 is 2.50 bits per heavy atom. The second-order valence-corrected chi connectivity index (χ2v) is 6.82. The molecule has 1 atom stereocenters. The Hall–Kier alpha value is -1.38. The summed E-state index contributed by atoms with van der Waals surface area (Å²) < 4.78 is 5.29. The number of morpholine rings is 1. The van der Waals surface area contributed by atoms with Crippen LogP contribution in [0.1, 0.15) is 12.8 Å². The van der Waals surface area contributed by atoms with Crippen molar-refractivity contribution in [2.75, 3.05) is 44.7 Å². The molecule has 0 spiro atoms. The number of nitrogens with zero attached hydrogens (tertiary/aromatic N) is 1. The molecule has 0 unspecified atom stereocenters. The summed E-state index contributed by atoms with van der Waals surface area (Å²) in [5.41, 5.74) is 0.289. The first-order valence-corrected chi connectivity index (χ1v) is 9.23. The van der Waals surface area contributed by atoms with Crippen molar-refractivity contribution in [3.63, 3.8) is 0 Å². The fraction of sp³-hybridized carbons (Fsp3) is 0.529. The van der Waals surface area contributed by atoms with Crippen LogP contribution in [0.3, 0.4) is 0 Å². The van der Waals surface area contributed by atoms with E-state index < -0.39 is 17.9 Å². The van der Waals surface area contributed by atoms with Crippen LogP contribution >= 0.6 is 23.2 Å². The lowest BCUT2D eigenvalue weighted by atomic mass is 10.2. The molecule has 144 valence electrons. The molecule has 0 aliphatic carbocycles. The standard InChI is InChI=1S/C17H23Cl2N3O4/c18-12-3-1-4-13(19)16(12)21-15(23)11-14(17(24)25)20-5-2-6-22-7-9-26-10-8-22/h1,3-4,14,20H,2,5-11H2,(H,21,23)(H,24,25)/t14-/m0/s1. The average Bonchev–Trinajstić information content (AvgIpc) is 2.61. The third-order valence-electron chi connectivity index (χ3n) is 4.06. The summed E-state index contributed by atoms with van der Waals surface area (Å²) in [6.45, 7) is 4.62. The van der Waals surface area contributed by atoms with Crippen LogP contribution in [0.25, 0.3) is 0 Å². The van der Waals surface area contributed by atoms with E-state index >= 15 is 0 Å². The number of aliphatic carboxylic acids is 1. The van der Waals surface area contributed by atoms with Crippen LogP contribution in [0.15, 0.2) is 18.2 Å². The SMILES string of the molecule is O=C(C[C@H](NCCCN1CCOCC1)C(=O)O)Nc1c(Cl)cccc1Cl. The normalized spacial score (nSPS) is 16.2. The van der Waals surface area contributed by atoms with E-state index in [1.54, 1.807) is 18.2 Å². The maximum atomic E-state index is 12.2. The van der Waals surface area contributed by atoms with Crippen molar-refractivity contribution in [2.24, 2.45) is 0 Å². The first-order chi connectivity index (χ1) is 12.5. The largest absolute Gasteiger partial charge is 0.480 e. The number of anilines is 1. The van der Waals surface area contributed by atoms with E-state index in [4.69, 9.17) is 27.9 Å². The molecule has 1 aliphatic rings. The van der Waals surface area contributed by atoms with E-state index in [0.29, 0.717) is 16.6 Å². The molecule has 26 heavy (non-hydrogen) atoms. The van der Waals surface area contributed by atoms with Crippen LogP contribution < -0.4 is 10.6 Å². The first-order valence-electron chi connectivity index (χ1n) is 8.47. The van der Waals surface area contributed by atoms with Crippen LogP contribution in [-0.4, -0.2) is 67.3 Å². The Labute approximate surface area is 162 Å². The minimum Gasteiger partial charge on any atom is -0.480 e. The van der Waals surface area contributed by atoms with Gasteiger partial charge in [-0.25, -0.2) is 0 Å². The van der Waals surface area contributed by atoms with Crippen LogP contribution in [0.5, 0.6) is 0 Å². The Bertz CT molecular complexity index is 604. The quantitative estimate of drug-likeness (QED) is 0.546. The average molecular weight is 404 g/mol. The number of carboxylic acid groups (broad SMARTS) is 1. The number of hydrogen-bond acceptors (Lipinski definition) is 5. The number of ether oxygens (including phenoxy) is 1. The minimum absolute atomic E-state index is 0.214. The number of carboxylic acids is 1. The smallest absolute Gasteiger partial charge is 0.321 e. The number of carbonyl (C=O) groups is 2. The zero-order valence-electron chi connectivity index (χ0n) is 14.3. The van der Waals surface area contributed by atoms with Gasteiger partial charge in [-0.15, -0.1) is 0 Å². The molecule has 1 aromatic rings. The number of halogens is 2. The summed E-state index contributed by atoms with van der Waals surface area (Å²) in [6.07, 6.45) is 0.580. The molecule has 0 radical (unpaired) electrons. The Morgan fingerprint density at radius 1 is 1.23 bits per heavy atom. The second-order valence-electron chi connectivity index (χ2n) is 6.00. The van der Waals surface area contributed by atoms with Crippen LogP contribution in [0.4, 0.5) is 5.69 Å². The molecule has 1 aromatic carbocycles. The molecule has 0 saturated carbocycles. The highest BCUT2D eigenvalue weighted by Crippen LogP contribution is 2.29.